The normalized spacial score (nSPS) is 17.3. The fourth-order valence-corrected chi connectivity index (χ4v) is 4.15. The Kier molecular flexibility index (Phi) is 4.86. The highest BCUT2D eigenvalue weighted by Gasteiger charge is 2.45. The third kappa shape index (κ3) is 3.42. The van der Waals surface area contributed by atoms with Gasteiger partial charge in [0.1, 0.15) is 0 Å². The Morgan fingerprint density at radius 2 is 2.12 bits per heavy atom. The Labute approximate surface area is 154 Å². The Morgan fingerprint density at radius 3 is 2.76 bits per heavy atom. The van der Waals surface area contributed by atoms with Crippen molar-refractivity contribution >= 4 is 51.0 Å². The summed E-state index contributed by atoms with van der Waals surface area (Å²) in [6.07, 6.45) is 3.35. The van der Waals surface area contributed by atoms with Crippen LogP contribution < -0.4 is 0 Å². The van der Waals surface area contributed by atoms with Crippen molar-refractivity contribution in [2.45, 2.75) is 25.4 Å². The summed E-state index contributed by atoms with van der Waals surface area (Å²) in [6, 6.07) is 3.98. The number of nitrogens with zero attached hydrogens (tertiary/aromatic N) is 1. The summed E-state index contributed by atoms with van der Waals surface area (Å²) in [6.45, 7) is 2.46. The van der Waals surface area contributed by atoms with E-state index in [0.717, 1.165) is 21.2 Å². The Balaban J connectivity index is 1.74. The minimum absolute atomic E-state index is 0.0929. The van der Waals surface area contributed by atoms with Gasteiger partial charge < -0.3 is 19.9 Å². The number of aryl methyl sites for hydroxylation is 1. The van der Waals surface area contributed by atoms with Gasteiger partial charge >= 0.3 is 5.97 Å². The van der Waals surface area contributed by atoms with E-state index >= 15 is 0 Å². The third-order valence-electron chi connectivity index (χ3n) is 4.65. The van der Waals surface area contributed by atoms with Crippen LogP contribution in [-0.4, -0.2) is 50.5 Å². The number of hydrogen-bond donors (Lipinski definition) is 2. The lowest BCUT2D eigenvalue weighted by molar-refractivity contribution is -0.129. The zero-order valence-electron chi connectivity index (χ0n) is 13.7. The van der Waals surface area contributed by atoms with Crippen LogP contribution in [0.5, 0.6) is 0 Å². The summed E-state index contributed by atoms with van der Waals surface area (Å²) in [5, 5.41) is 22.9. The third-order valence-corrected chi connectivity index (χ3v) is 6.21. The molecule has 132 valence electrons. The first-order valence-electron chi connectivity index (χ1n) is 7.93. The number of amides is 1. The second-order valence-corrected chi connectivity index (χ2v) is 7.55. The highest BCUT2D eigenvalue weighted by atomic mass is 35.5. The van der Waals surface area contributed by atoms with Crippen molar-refractivity contribution in [2.75, 3.05) is 13.1 Å². The number of carboxylic acid groups (broad SMARTS) is 1. The molecule has 5 nitrogen and oxygen atoms in total. The number of aliphatic carboxylic acids is 1. The van der Waals surface area contributed by atoms with Gasteiger partial charge in [-0.15, -0.1) is 11.3 Å². The maximum atomic E-state index is 12.3. The lowest BCUT2D eigenvalue weighted by atomic mass is 9.91. The number of fused-ring (bicyclic) bond motifs is 1. The van der Waals surface area contributed by atoms with Crippen molar-refractivity contribution < 1.29 is 19.8 Å². The molecule has 0 saturated carbocycles. The molecule has 3 N–H and O–H groups in total. The van der Waals surface area contributed by atoms with Crippen LogP contribution >= 0.6 is 22.9 Å². The number of halogens is 1. The van der Waals surface area contributed by atoms with Crippen LogP contribution in [0.4, 0.5) is 0 Å². The number of aliphatic hydroxyl groups is 1. The summed E-state index contributed by atoms with van der Waals surface area (Å²) < 4.78 is 1.14. The van der Waals surface area contributed by atoms with Gasteiger partial charge in [0, 0.05) is 36.7 Å². The molecule has 0 spiro atoms. The van der Waals surface area contributed by atoms with Gasteiger partial charge in [-0.05, 0) is 47.0 Å². The number of carboxylic acids is 1. The van der Waals surface area contributed by atoms with Crippen LogP contribution in [0.3, 0.4) is 0 Å². The van der Waals surface area contributed by atoms with E-state index in [2.05, 4.69) is 0 Å². The number of hydrogen-bond acceptors (Lipinski definition) is 3. The molecule has 1 aliphatic rings. The van der Waals surface area contributed by atoms with E-state index < -0.39 is 11.6 Å². The van der Waals surface area contributed by atoms with E-state index in [1.165, 1.54) is 6.08 Å². The smallest absolute Gasteiger partial charge is 0.374 e. The van der Waals surface area contributed by atoms with E-state index in [9.17, 15) is 9.90 Å². The van der Waals surface area contributed by atoms with Gasteiger partial charge in [-0.2, -0.15) is 0 Å². The largest absolute Gasteiger partial charge is 0.513 e. The molecule has 1 aliphatic heterocycles. The van der Waals surface area contributed by atoms with E-state index in [-0.39, 0.29) is 31.8 Å². The van der Waals surface area contributed by atoms with E-state index in [4.69, 9.17) is 21.5 Å². The van der Waals surface area contributed by atoms with Gasteiger partial charge in [0.2, 0.25) is 11.5 Å². The minimum Gasteiger partial charge on any atom is -0.374 e. The van der Waals surface area contributed by atoms with Crippen LogP contribution in [0, 0.1) is 6.92 Å². The standard InChI is InChI=1S/C18H18ClNO4S/c1-11-15(19)12(10-13-4-9-25-16(11)13)2-3-14(21)20-7-5-18(24,6-8-20)17(22)23/h2-4,9-10,24H,5-8H2,1H3,(H,22,23)/p+1/b3-2+. The summed E-state index contributed by atoms with van der Waals surface area (Å²) in [5.41, 5.74) is 0.164. The Morgan fingerprint density at radius 1 is 1.44 bits per heavy atom. The van der Waals surface area contributed by atoms with Gasteiger partial charge in [0.15, 0.2) is 0 Å². The molecule has 2 heterocycles. The Hall–Kier alpha value is -1.89. The number of benzene rings is 1. The molecule has 0 radical (unpaired) electrons. The molecule has 1 saturated heterocycles. The van der Waals surface area contributed by atoms with Crippen LogP contribution in [-0.2, 0) is 4.79 Å². The monoisotopic (exact) mass is 380 g/mol. The molecular formula is C18H19ClNO4S+. The van der Waals surface area contributed by atoms with E-state index in [1.54, 1.807) is 22.3 Å². The van der Waals surface area contributed by atoms with Gasteiger partial charge in [-0.1, -0.05) is 11.6 Å². The zero-order valence-corrected chi connectivity index (χ0v) is 15.3. The average Bonchev–Trinajstić information content (AvgIpc) is 3.05. The summed E-state index contributed by atoms with van der Waals surface area (Å²) in [5.74, 6) is -1.18. The zero-order chi connectivity index (χ0) is 18.2. The Bertz CT molecular complexity index is 865. The first kappa shape index (κ1) is 17.9. The fraction of sp³-hybridized carbons (Fsp3) is 0.333. The van der Waals surface area contributed by atoms with E-state index in [0.29, 0.717) is 5.02 Å². The van der Waals surface area contributed by atoms with Crippen molar-refractivity contribution in [2.24, 2.45) is 0 Å². The molecule has 7 heteroatoms. The van der Waals surface area contributed by atoms with Crippen LogP contribution in [0.1, 0.15) is 24.0 Å². The van der Waals surface area contributed by atoms with Crippen LogP contribution in [0.15, 0.2) is 23.6 Å². The molecule has 1 amide bonds. The first-order valence-corrected chi connectivity index (χ1v) is 9.18. The predicted octanol–water partition coefficient (Wildman–Crippen LogP) is 3.29. The van der Waals surface area contributed by atoms with Crippen molar-refractivity contribution in [3.05, 3.63) is 39.7 Å². The number of piperidine rings is 1. The SMILES string of the molecule is Cc1c(Cl)c(/C=C/C(=O)N2CCC(O)(C(O)=[OH+])CC2)cc2ccsc12. The molecule has 0 atom stereocenters. The number of aliphatic hydroxyl groups excluding tert-OH is 1. The molecule has 1 aromatic carbocycles. The second-order valence-electron chi connectivity index (χ2n) is 6.26. The van der Waals surface area contributed by atoms with E-state index in [1.807, 2.05) is 24.4 Å². The number of carbonyl (C=O) groups excluding carboxylic acids is 1. The summed E-state index contributed by atoms with van der Waals surface area (Å²) in [4.78, 5) is 23.0. The lowest BCUT2D eigenvalue weighted by Gasteiger charge is -2.32. The number of rotatable bonds is 3. The van der Waals surface area contributed by atoms with Crippen LogP contribution in [0.25, 0.3) is 16.2 Å². The molecule has 3 rings (SSSR count). The maximum Gasteiger partial charge on any atom is 0.513 e. The quantitative estimate of drug-likeness (QED) is 0.633. The molecule has 2 aromatic rings. The van der Waals surface area contributed by atoms with Crippen LogP contribution in [0.2, 0.25) is 5.02 Å². The molecule has 25 heavy (non-hydrogen) atoms. The van der Waals surface area contributed by atoms with Crippen molar-refractivity contribution in [3.63, 3.8) is 0 Å². The maximum absolute atomic E-state index is 12.3. The number of carbonyl (C=O) groups is 1. The lowest BCUT2D eigenvalue weighted by Crippen LogP contribution is -2.50. The molecular weight excluding hydrogens is 362 g/mol. The highest BCUT2D eigenvalue weighted by Crippen LogP contribution is 2.33. The van der Waals surface area contributed by atoms with Crippen molar-refractivity contribution in [1.82, 2.24) is 4.90 Å². The molecule has 0 bridgehead atoms. The molecule has 0 unspecified atom stereocenters. The minimum atomic E-state index is -1.62. The average molecular weight is 381 g/mol. The fourth-order valence-electron chi connectivity index (χ4n) is 2.99. The van der Waals surface area contributed by atoms with Gasteiger partial charge in [0.25, 0.3) is 0 Å². The first-order chi connectivity index (χ1) is 11.8. The van der Waals surface area contributed by atoms with Crippen molar-refractivity contribution in [3.8, 4) is 0 Å². The van der Waals surface area contributed by atoms with Crippen molar-refractivity contribution in [1.29, 1.82) is 0 Å². The number of thiophene rings is 1. The molecule has 0 aliphatic carbocycles. The predicted molar refractivity (Wildman–Crippen MR) is 101 cm³/mol. The summed E-state index contributed by atoms with van der Waals surface area (Å²) in [7, 11) is 0. The second kappa shape index (κ2) is 6.78. The molecule has 1 aromatic heterocycles. The highest BCUT2D eigenvalue weighted by molar-refractivity contribution is 7.17. The van der Waals surface area contributed by atoms with Gasteiger partial charge in [-0.25, -0.2) is 0 Å². The number of likely N-dealkylation sites (tertiary alicyclic amines) is 1. The molecule has 1 fully saturated rings. The topological polar surface area (TPSA) is 82.2 Å². The van der Waals surface area contributed by atoms with Gasteiger partial charge in [0.05, 0.1) is 5.02 Å². The summed E-state index contributed by atoms with van der Waals surface area (Å²) >= 11 is 8.05. The van der Waals surface area contributed by atoms with Gasteiger partial charge in [-0.3, -0.25) is 4.79 Å².